The van der Waals surface area contributed by atoms with Crippen molar-refractivity contribution in [2.75, 3.05) is 19.6 Å². The number of carboxylic acid groups (broad SMARTS) is 1. The summed E-state index contributed by atoms with van der Waals surface area (Å²) in [5, 5.41) is 33.9. The predicted octanol–water partition coefficient (Wildman–Crippen LogP) is -0.0504. The maximum Gasteiger partial charge on any atom is 0.547 e. The van der Waals surface area contributed by atoms with Crippen molar-refractivity contribution >= 4 is 36.8 Å². The SMILES string of the molecule is CCN1CCN(C(=O)NC(C(=O)N[C@H]2Cc3cccc(C(=O)O)c3OB2O)c2cc(F)c(O)c(F)c2)C(=O)C1=O. The van der Waals surface area contributed by atoms with Gasteiger partial charge in [0.15, 0.2) is 17.4 Å². The number of phenols is 1. The Kier molecular flexibility index (Phi) is 7.90. The molecule has 2 aliphatic rings. The molecule has 2 heterocycles. The summed E-state index contributed by atoms with van der Waals surface area (Å²) in [6.07, 6.45) is -0.117. The van der Waals surface area contributed by atoms with Crippen LogP contribution in [0.4, 0.5) is 13.6 Å². The summed E-state index contributed by atoms with van der Waals surface area (Å²) < 4.78 is 33.7. The highest BCUT2D eigenvalue weighted by Gasteiger charge is 2.41. The number of aromatic carboxylic acids is 1. The maximum absolute atomic E-state index is 14.2. The van der Waals surface area contributed by atoms with Crippen molar-refractivity contribution in [3.05, 3.63) is 58.7 Å². The van der Waals surface area contributed by atoms with Gasteiger partial charge in [0.05, 0.1) is 11.5 Å². The van der Waals surface area contributed by atoms with Gasteiger partial charge < -0.3 is 35.4 Å². The molecule has 0 aliphatic carbocycles. The first kappa shape index (κ1) is 28.3. The van der Waals surface area contributed by atoms with E-state index in [1.807, 2.05) is 0 Å². The first-order valence-corrected chi connectivity index (χ1v) is 12.0. The van der Waals surface area contributed by atoms with Gasteiger partial charge in [-0.3, -0.25) is 19.3 Å². The molecule has 40 heavy (non-hydrogen) atoms. The third-order valence-corrected chi connectivity index (χ3v) is 6.52. The molecule has 2 atom stereocenters. The quantitative estimate of drug-likeness (QED) is 0.239. The first-order chi connectivity index (χ1) is 18.9. The molecule has 1 saturated heterocycles. The standard InChI is InChI=1S/C24H23BF2N4O9/c1-2-30-6-7-31(22(35)21(30)34)24(38)29-17(12-8-14(26)18(32)15(27)9-12)20(33)28-16-10-11-4-3-5-13(23(36)37)19(11)40-25(16)39/h3-5,8-9,16-17,32,39H,2,6-7,10H2,1H3,(H,28,33)(H,29,38)(H,36,37)/t16-,17?/m0/s1. The fourth-order valence-electron chi connectivity index (χ4n) is 4.41. The van der Waals surface area contributed by atoms with E-state index in [9.17, 15) is 48.0 Å². The molecule has 0 saturated carbocycles. The average Bonchev–Trinajstić information content (AvgIpc) is 2.91. The number of carbonyl (C=O) groups is 5. The minimum Gasteiger partial charge on any atom is -0.534 e. The van der Waals surface area contributed by atoms with Crippen LogP contribution in [0.15, 0.2) is 30.3 Å². The lowest BCUT2D eigenvalue weighted by Gasteiger charge is -2.33. The van der Waals surface area contributed by atoms with Crippen LogP contribution in [0.1, 0.15) is 34.5 Å². The number of nitrogens with one attached hydrogen (secondary N) is 2. The van der Waals surface area contributed by atoms with Gasteiger partial charge in [0.1, 0.15) is 11.8 Å². The van der Waals surface area contributed by atoms with Crippen molar-refractivity contribution in [3.8, 4) is 11.5 Å². The number of imide groups is 1. The van der Waals surface area contributed by atoms with Crippen molar-refractivity contribution in [1.29, 1.82) is 0 Å². The second kappa shape index (κ2) is 11.2. The number of hydrogen-bond donors (Lipinski definition) is 5. The Labute approximate surface area is 225 Å². The molecular weight excluding hydrogens is 537 g/mol. The molecule has 16 heteroatoms. The number of para-hydroxylation sites is 1. The third-order valence-electron chi connectivity index (χ3n) is 6.52. The van der Waals surface area contributed by atoms with Crippen LogP contribution in [0.2, 0.25) is 0 Å². The second-order valence-corrected chi connectivity index (χ2v) is 8.98. The molecule has 1 unspecified atom stereocenters. The molecule has 2 aromatic rings. The summed E-state index contributed by atoms with van der Waals surface area (Å²) in [5.74, 6) is -10.0. The van der Waals surface area contributed by atoms with E-state index in [1.165, 1.54) is 23.1 Å². The number of hydrogen-bond acceptors (Lipinski definition) is 8. The normalized spacial score (nSPS) is 17.6. The van der Waals surface area contributed by atoms with Crippen LogP contribution in [0.25, 0.3) is 0 Å². The van der Waals surface area contributed by atoms with Crippen LogP contribution < -0.4 is 15.3 Å². The largest absolute Gasteiger partial charge is 0.547 e. The monoisotopic (exact) mass is 560 g/mol. The fraction of sp³-hybridized carbons (Fsp3) is 0.292. The van der Waals surface area contributed by atoms with Gasteiger partial charge in [0.2, 0.25) is 5.91 Å². The Morgan fingerprint density at radius 3 is 2.45 bits per heavy atom. The van der Waals surface area contributed by atoms with Crippen molar-refractivity contribution < 1.29 is 52.6 Å². The van der Waals surface area contributed by atoms with Crippen molar-refractivity contribution in [2.24, 2.45) is 0 Å². The summed E-state index contributed by atoms with van der Waals surface area (Å²) >= 11 is 0. The number of urea groups is 1. The number of benzene rings is 2. The Balaban J connectivity index is 1.60. The van der Waals surface area contributed by atoms with Crippen LogP contribution in [-0.2, 0) is 20.8 Å². The number of halogens is 2. The molecule has 5 amide bonds. The number of likely N-dealkylation sites (N-methyl/N-ethyl adjacent to an activating group) is 1. The molecular formula is C24H23BF2N4O9. The molecule has 0 radical (unpaired) electrons. The zero-order valence-corrected chi connectivity index (χ0v) is 20.9. The van der Waals surface area contributed by atoms with E-state index in [1.54, 1.807) is 6.92 Å². The number of amides is 5. The molecule has 13 nitrogen and oxygen atoms in total. The molecule has 1 fully saturated rings. The third kappa shape index (κ3) is 5.38. The summed E-state index contributed by atoms with van der Waals surface area (Å²) in [6, 6.07) is 2.31. The lowest BCUT2D eigenvalue weighted by Crippen LogP contribution is -2.60. The van der Waals surface area contributed by atoms with E-state index in [4.69, 9.17) is 4.65 Å². The zero-order valence-electron chi connectivity index (χ0n) is 20.9. The maximum atomic E-state index is 14.2. The number of fused-ring (bicyclic) bond motifs is 1. The van der Waals surface area contributed by atoms with Crippen LogP contribution >= 0.6 is 0 Å². The van der Waals surface area contributed by atoms with E-state index in [0.29, 0.717) is 22.6 Å². The first-order valence-electron chi connectivity index (χ1n) is 12.0. The average molecular weight is 560 g/mol. The highest BCUT2D eigenvalue weighted by molar-refractivity contribution is 6.47. The second-order valence-electron chi connectivity index (χ2n) is 8.98. The molecule has 2 aliphatic heterocycles. The number of nitrogens with zero attached hydrogens (tertiary/aromatic N) is 2. The summed E-state index contributed by atoms with van der Waals surface area (Å²) in [6.45, 7) is 1.67. The van der Waals surface area contributed by atoms with Crippen molar-refractivity contribution in [2.45, 2.75) is 25.3 Å². The van der Waals surface area contributed by atoms with Gasteiger partial charge in [-0.1, -0.05) is 12.1 Å². The van der Waals surface area contributed by atoms with E-state index in [0.717, 1.165) is 0 Å². The molecule has 0 spiro atoms. The van der Waals surface area contributed by atoms with Crippen molar-refractivity contribution in [1.82, 2.24) is 20.4 Å². The molecule has 0 bridgehead atoms. The van der Waals surface area contributed by atoms with Gasteiger partial charge in [0, 0.05) is 19.6 Å². The lowest BCUT2D eigenvalue weighted by molar-refractivity contribution is -0.153. The van der Waals surface area contributed by atoms with Gasteiger partial charge >= 0.3 is 30.9 Å². The minimum atomic E-state index is -1.87. The van der Waals surface area contributed by atoms with Gasteiger partial charge in [0.25, 0.3) is 0 Å². The van der Waals surface area contributed by atoms with Gasteiger partial charge in [-0.2, -0.15) is 0 Å². The smallest absolute Gasteiger partial charge is 0.534 e. The van der Waals surface area contributed by atoms with E-state index in [2.05, 4.69) is 10.6 Å². The molecule has 0 aromatic heterocycles. The number of piperazine rings is 1. The Morgan fingerprint density at radius 1 is 1.15 bits per heavy atom. The number of rotatable bonds is 6. The summed E-state index contributed by atoms with van der Waals surface area (Å²) in [5.41, 5.74) is -0.357. The predicted molar refractivity (Wildman–Crippen MR) is 131 cm³/mol. The Hall–Kier alpha value is -4.73. The molecule has 5 N–H and O–H groups in total. The van der Waals surface area contributed by atoms with E-state index in [-0.39, 0.29) is 37.4 Å². The minimum absolute atomic E-state index is 0.0250. The zero-order chi connectivity index (χ0) is 29.3. The fourth-order valence-corrected chi connectivity index (χ4v) is 4.41. The Morgan fingerprint density at radius 2 is 1.82 bits per heavy atom. The van der Waals surface area contributed by atoms with E-state index >= 15 is 0 Å². The van der Waals surface area contributed by atoms with E-state index < -0.39 is 71.8 Å². The summed E-state index contributed by atoms with van der Waals surface area (Å²) in [7, 11) is -1.75. The van der Waals surface area contributed by atoms with Crippen LogP contribution in [0.5, 0.6) is 11.5 Å². The Bertz CT molecular complexity index is 1390. The van der Waals surface area contributed by atoms with Gasteiger partial charge in [-0.15, -0.1) is 0 Å². The number of aromatic hydroxyl groups is 1. The van der Waals surface area contributed by atoms with Crippen LogP contribution in [-0.4, -0.2) is 87.5 Å². The van der Waals surface area contributed by atoms with Crippen LogP contribution in [0.3, 0.4) is 0 Å². The van der Waals surface area contributed by atoms with Crippen LogP contribution in [0, 0.1) is 11.6 Å². The molecule has 2 aromatic carbocycles. The molecule has 210 valence electrons. The number of carboxylic acids is 1. The number of carbonyl (C=O) groups excluding carboxylic acids is 4. The highest BCUT2D eigenvalue weighted by atomic mass is 19.1. The lowest BCUT2D eigenvalue weighted by atomic mass is 9.72. The summed E-state index contributed by atoms with van der Waals surface area (Å²) in [4.78, 5) is 64.2. The molecule has 4 rings (SSSR count). The topological polar surface area (TPSA) is 186 Å². The highest BCUT2D eigenvalue weighted by Crippen LogP contribution is 2.31. The van der Waals surface area contributed by atoms with Gasteiger partial charge in [-0.25, -0.2) is 18.4 Å². The van der Waals surface area contributed by atoms with Crippen molar-refractivity contribution in [3.63, 3.8) is 0 Å². The van der Waals surface area contributed by atoms with Gasteiger partial charge in [-0.05, 0) is 42.7 Å². The number of phenolic OH excluding ortho intramolecular Hbond substituents is 1.